The van der Waals surface area contributed by atoms with Gasteiger partial charge in [-0.25, -0.2) is 0 Å². The zero-order valence-corrected chi connectivity index (χ0v) is 9.16. The molecule has 1 rings (SSSR count). The first kappa shape index (κ1) is 11.4. The summed E-state index contributed by atoms with van der Waals surface area (Å²) >= 11 is 0. The fourth-order valence-corrected chi connectivity index (χ4v) is 1.25. The quantitative estimate of drug-likeness (QED) is 0.523. The molecule has 1 aliphatic rings. The van der Waals surface area contributed by atoms with Crippen molar-refractivity contribution >= 4 is 11.6 Å². The number of hydrogen-bond acceptors (Lipinski definition) is 3. The van der Waals surface area contributed by atoms with E-state index in [0.29, 0.717) is 12.0 Å². The lowest BCUT2D eigenvalue weighted by Gasteiger charge is -2.10. The molecule has 1 aliphatic carbocycles. The molecule has 0 amide bonds. The van der Waals surface area contributed by atoms with Crippen LogP contribution in [0, 0.1) is 0 Å². The predicted octanol–water partition coefficient (Wildman–Crippen LogP) is 1.95. The number of carbonyl (C=O) groups excluding carboxylic acids is 2. The molecule has 80 valence electrons. The van der Waals surface area contributed by atoms with Gasteiger partial charge in [0.15, 0.2) is 11.5 Å². The van der Waals surface area contributed by atoms with Crippen molar-refractivity contribution in [2.24, 2.45) is 0 Å². The van der Waals surface area contributed by atoms with Crippen LogP contribution in [0.25, 0.3) is 0 Å². The van der Waals surface area contributed by atoms with Crippen molar-refractivity contribution in [2.75, 3.05) is 7.11 Å². The van der Waals surface area contributed by atoms with Gasteiger partial charge in [-0.1, -0.05) is 11.6 Å². The molecule has 0 saturated heterocycles. The number of Topliss-reactive ketones (excluding diaryl/α,β-unsaturated/α-hetero) is 1. The van der Waals surface area contributed by atoms with Gasteiger partial charge in [-0.05, 0) is 26.3 Å². The van der Waals surface area contributed by atoms with Crippen LogP contribution in [0.3, 0.4) is 0 Å². The summed E-state index contributed by atoms with van der Waals surface area (Å²) in [7, 11) is 1.39. The average molecular weight is 206 g/mol. The molecule has 0 N–H and O–H groups in total. The van der Waals surface area contributed by atoms with E-state index in [1.54, 1.807) is 0 Å². The van der Waals surface area contributed by atoms with Crippen LogP contribution >= 0.6 is 0 Å². The first-order valence-corrected chi connectivity index (χ1v) is 4.73. The van der Waals surface area contributed by atoms with E-state index in [1.165, 1.54) is 19.3 Å². The maximum atomic E-state index is 11.7. The number of carbonyl (C=O) groups is 2. The normalized spacial score (nSPS) is 15.7. The van der Waals surface area contributed by atoms with E-state index < -0.39 is 0 Å². The van der Waals surface area contributed by atoms with Crippen LogP contribution < -0.4 is 0 Å². The SMILES string of the molecule is COC1=CC(=O)C=C(CC=C(C)C)C1=O. The third-order valence-corrected chi connectivity index (χ3v) is 2.06. The Morgan fingerprint density at radius 3 is 2.53 bits per heavy atom. The van der Waals surface area contributed by atoms with Crippen molar-refractivity contribution in [1.82, 2.24) is 0 Å². The molecule has 0 fully saturated rings. The van der Waals surface area contributed by atoms with Crippen LogP contribution in [0.1, 0.15) is 20.3 Å². The largest absolute Gasteiger partial charge is 0.493 e. The third kappa shape index (κ3) is 2.91. The molecule has 0 atom stereocenters. The number of ketones is 2. The van der Waals surface area contributed by atoms with Crippen LogP contribution in [0.4, 0.5) is 0 Å². The summed E-state index contributed by atoms with van der Waals surface area (Å²) < 4.78 is 4.84. The van der Waals surface area contributed by atoms with E-state index >= 15 is 0 Å². The highest BCUT2D eigenvalue weighted by molar-refractivity contribution is 6.19. The van der Waals surface area contributed by atoms with Gasteiger partial charge < -0.3 is 4.74 Å². The molecule has 0 aromatic heterocycles. The van der Waals surface area contributed by atoms with Crippen molar-refractivity contribution < 1.29 is 14.3 Å². The Bertz CT molecular complexity index is 380. The van der Waals surface area contributed by atoms with E-state index in [-0.39, 0.29) is 17.3 Å². The molecular weight excluding hydrogens is 192 g/mol. The molecule has 0 aromatic carbocycles. The summed E-state index contributed by atoms with van der Waals surface area (Å²) in [6.45, 7) is 3.89. The van der Waals surface area contributed by atoms with Gasteiger partial charge in [0.25, 0.3) is 0 Å². The zero-order chi connectivity index (χ0) is 11.4. The van der Waals surface area contributed by atoms with Gasteiger partial charge >= 0.3 is 0 Å². The Hall–Kier alpha value is -1.64. The van der Waals surface area contributed by atoms with Gasteiger partial charge in [-0.15, -0.1) is 0 Å². The molecule has 0 spiro atoms. The predicted molar refractivity (Wildman–Crippen MR) is 57.2 cm³/mol. The second kappa shape index (κ2) is 4.73. The fraction of sp³-hybridized carbons (Fsp3) is 0.333. The smallest absolute Gasteiger partial charge is 0.224 e. The molecule has 0 heterocycles. The lowest BCUT2D eigenvalue weighted by atomic mass is 9.98. The summed E-state index contributed by atoms with van der Waals surface area (Å²) in [5.74, 6) is -0.266. The topological polar surface area (TPSA) is 43.4 Å². The first-order valence-electron chi connectivity index (χ1n) is 4.73. The maximum Gasteiger partial charge on any atom is 0.224 e. The molecule has 0 bridgehead atoms. The van der Waals surface area contributed by atoms with E-state index in [0.717, 1.165) is 5.57 Å². The molecule has 15 heavy (non-hydrogen) atoms. The molecule has 0 saturated carbocycles. The second-order valence-electron chi connectivity index (χ2n) is 3.60. The van der Waals surface area contributed by atoms with Gasteiger partial charge in [0.05, 0.1) is 7.11 Å². The Morgan fingerprint density at radius 2 is 2.00 bits per heavy atom. The number of methoxy groups -OCH3 is 1. The molecule has 0 radical (unpaired) electrons. The Morgan fingerprint density at radius 1 is 1.33 bits per heavy atom. The van der Waals surface area contributed by atoms with Crippen LogP contribution in [0.15, 0.2) is 35.1 Å². The van der Waals surface area contributed by atoms with Crippen LogP contribution in [-0.4, -0.2) is 18.7 Å². The lowest BCUT2D eigenvalue weighted by molar-refractivity contribution is -0.117. The number of rotatable bonds is 3. The van der Waals surface area contributed by atoms with Crippen molar-refractivity contribution in [1.29, 1.82) is 0 Å². The van der Waals surface area contributed by atoms with E-state index in [1.807, 2.05) is 19.9 Å². The van der Waals surface area contributed by atoms with E-state index in [2.05, 4.69) is 0 Å². The summed E-state index contributed by atoms with van der Waals surface area (Å²) in [6.07, 6.45) is 4.97. The number of ether oxygens (including phenoxy) is 1. The Kier molecular flexibility index (Phi) is 3.61. The number of allylic oxidation sites excluding steroid dienone is 5. The highest BCUT2D eigenvalue weighted by Crippen LogP contribution is 2.17. The molecule has 3 nitrogen and oxygen atoms in total. The van der Waals surface area contributed by atoms with E-state index in [4.69, 9.17) is 4.74 Å². The number of hydrogen-bond donors (Lipinski definition) is 0. The maximum absolute atomic E-state index is 11.7. The van der Waals surface area contributed by atoms with Gasteiger partial charge in [0.1, 0.15) is 0 Å². The van der Waals surface area contributed by atoms with Crippen LogP contribution in [0.2, 0.25) is 0 Å². The summed E-state index contributed by atoms with van der Waals surface area (Å²) in [4.78, 5) is 22.9. The van der Waals surface area contributed by atoms with Crippen LogP contribution in [0.5, 0.6) is 0 Å². The van der Waals surface area contributed by atoms with Gasteiger partial charge in [-0.3, -0.25) is 9.59 Å². The molecule has 0 aliphatic heterocycles. The van der Waals surface area contributed by atoms with Gasteiger partial charge in [0.2, 0.25) is 5.78 Å². The fourth-order valence-electron chi connectivity index (χ4n) is 1.25. The zero-order valence-electron chi connectivity index (χ0n) is 9.16. The van der Waals surface area contributed by atoms with Gasteiger partial charge in [0, 0.05) is 11.6 Å². The van der Waals surface area contributed by atoms with Crippen molar-refractivity contribution in [3.8, 4) is 0 Å². The minimum Gasteiger partial charge on any atom is -0.493 e. The van der Waals surface area contributed by atoms with E-state index in [9.17, 15) is 9.59 Å². The highest BCUT2D eigenvalue weighted by atomic mass is 16.5. The minimum absolute atomic E-state index is 0.125. The average Bonchev–Trinajstić information content (AvgIpc) is 2.18. The highest BCUT2D eigenvalue weighted by Gasteiger charge is 2.21. The van der Waals surface area contributed by atoms with Crippen molar-refractivity contribution in [2.45, 2.75) is 20.3 Å². The summed E-state index contributed by atoms with van der Waals surface area (Å²) in [5, 5.41) is 0. The first-order chi connectivity index (χ1) is 7.04. The Labute approximate surface area is 89.1 Å². The minimum atomic E-state index is -0.199. The van der Waals surface area contributed by atoms with Crippen LogP contribution in [-0.2, 0) is 14.3 Å². The molecular formula is C12H14O3. The molecule has 0 aromatic rings. The standard InChI is InChI=1S/C12H14O3/c1-8(2)4-5-9-6-10(13)7-11(15-3)12(9)14/h4,6-7H,5H2,1-3H3. The summed E-state index contributed by atoms with van der Waals surface area (Å²) in [6, 6.07) is 0. The summed E-state index contributed by atoms with van der Waals surface area (Å²) in [5.41, 5.74) is 1.60. The van der Waals surface area contributed by atoms with Crippen molar-refractivity contribution in [3.63, 3.8) is 0 Å². The van der Waals surface area contributed by atoms with Gasteiger partial charge in [-0.2, -0.15) is 0 Å². The molecule has 0 unspecified atom stereocenters. The third-order valence-electron chi connectivity index (χ3n) is 2.06. The second-order valence-corrected chi connectivity index (χ2v) is 3.60. The molecule has 3 heteroatoms. The van der Waals surface area contributed by atoms with Crippen molar-refractivity contribution in [3.05, 3.63) is 35.1 Å². The monoisotopic (exact) mass is 206 g/mol. The lowest BCUT2D eigenvalue weighted by Crippen LogP contribution is -2.15. The Balaban J connectivity index is 2.87.